The van der Waals surface area contributed by atoms with Crippen LogP contribution in [0.5, 0.6) is 11.5 Å². The predicted octanol–water partition coefficient (Wildman–Crippen LogP) is 3.84. The number of fused-ring (bicyclic) bond motifs is 1. The topological polar surface area (TPSA) is 67.9 Å². The second-order valence-corrected chi connectivity index (χ2v) is 8.41. The van der Waals surface area contributed by atoms with Gasteiger partial charge >= 0.3 is 0 Å². The number of benzene rings is 2. The highest BCUT2D eigenvalue weighted by Crippen LogP contribution is 2.36. The molecule has 0 bridgehead atoms. The van der Waals surface area contributed by atoms with Gasteiger partial charge in [0.25, 0.3) is 11.8 Å². The van der Waals surface area contributed by atoms with Gasteiger partial charge in [-0.1, -0.05) is 41.6 Å². The summed E-state index contributed by atoms with van der Waals surface area (Å²) in [6, 6.07) is 8.93. The molecular weight excluding hydrogens is 451 g/mol. The Kier molecular flexibility index (Phi) is 5.94. The lowest BCUT2D eigenvalue weighted by Crippen LogP contribution is -2.37. The second kappa shape index (κ2) is 8.63. The number of carbonyl (C=O) groups excluding carboxylic acids is 2. The van der Waals surface area contributed by atoms with Crippen molar-refractivity contribution in [1.82, 2.24) is 10.2 Å². The number of amides is 2. The molecule has 0 saturated carbocycles. The van der Waals surface area contributed by atoms with Crippen LogP contribution < -0.4 is 14.8 Å². The summed E-state index contributed by atoms with van der Waals surface area (Å²) in [5.74, 6) is 0.0690. The van der Waals surface area contributed by atoms with E-state index in [1.165, 1.54) is 22.7 Å². The van der Waals surface area contributed by atoms with Gasteiger partial charge in [-0.15, -0.1) is 0 Å². The number of nitrogens with zero attached hydrogens (tertiary/aromatic N) is 1. The molecule has 2 amide bonds. The lowest BCUT2D eigenvalue weighted by atomic mass is 10.2. The standard InChI is InChI=1S/C20H14ClFN2O4S2/c21-14-9-12(22)2-3-13(14)18(25)23-5-6-24-19(26)17(30-20(24)29)8-11-1-4-15-16(7-11)28-10-27-15/h1-4,7-9H,5-6,10H2,(H,23,25)/b17-8+. The highest BCUT2D eigenvalue weighted by Gasteiger charge is 2.31. The van der Waals surface area contributed by atoms with Crippen molar-refractivity contribution in [3.63, 3.8) is 0 Å². The van der Waals surface area contributed by atoms with E-state index in [1.54, 1.807) is 18.2 Å². The molecule has 0 radical (unpaired) electrons. The van der Waals surface area contributed by atoms with E-state index in [9.17, 15) is 14.0 Å². The minimum atomic E-state index is -0.525. The molecule has 0 spiro atoms. The minimum Gasteiger partial charge on any atom is -0.454 e. The smallest absolute Gasteiger partial charge is 0.266 e. The van der Waals surface area contributed by atoms with Gasteiger partial charge in [-0.05, 0) is 42.0 Å². The molecule has 4 rings (SSSR count). The molecule has 154 valence electrons. The molecule has 30 heavy (non-hydrogen) atoms. The van der Waals surface area contributed by atoms with Crippen molar-refractivity contribution in [2.75, 3.05) is 19.9 Å². The fourth-order valence-corrected chi connectivity index (χ4v) is 4.46. The first-order valence-electron chi connectivity index (χ1n) is 8.80. The van der Waals surface area contributed by atoms with Crippen molar-refractivity contribution in [2.45, 2.75) is 0 Å². The SMILES string of the molecule is O=C(NCCN1C(=O)/C(=C\c2ccc3c(c2)OCO3)SC1=S)c1ccc(F)cc1Cl. The molecule has 2 aliphatic rings. The van der Waals surface area contributed by atoms with E-state index in [4.69, 9.17) is 33.3 Å². The molecule has 1 N–H and O–H groups in total. The summed E-state index contributed by atoms with van der Waals surface area (Å²) in [6.45, 7) is 0.541. The number of thioether (sulfide) groups is 1. The normalized spacial score (nSPS) is 16.5. The van der Waals surface area contributed by atoms with Crippen molar-refractivity contribution in [3.05, 3.63) is 63.3 Å². The van der Waals surface area contributed by atoms with Crippen LogP contribution >= 0.6 is 35.6 Å². The van der Waals surface area contributed by atoms with E-state index < -0.39 is 11.7 Å². The number of carbonyl (C=O) groups is 2. The molecule has 0 unspecified atom stereocenters. The highest BCUT2D eigenvalue weighted by molar-refractivity contribution is 8.26. The molecule has 1 fully saturated rings. The molecule has 2 heterocycles. The third-order valence-electron chi connectivity index (χ3n) is 4.36. The number of rotatable bonds is 5. The largest absolute Gasteiger partial charge is 0.454 e. The van der Waals surface area contributed by atoms with Crippen LogP contribution in [-0.2, 0) is 4.79 Å². The molecule has 2 aromatic carbocycles. The highest BCUT2D eigenvalue weighted by atomic mass is 35.5. The Hall–Kier alpha value is -2.62. The molecule has 6 nitrogen and oxygen atoms in total. The number of thiocarbonyl (C=S) groups is 1. The monoisotopic (exact) mass is 464 g/mol. The van der Waals surface area contributed by atoms with Crippen molar-refractivity contribution in [1.29, 1.82) is 0 Å². The van der Waals surface area contributed by atoms with Gasteiger partial charge in [0, 0.05) is 13.1 Å². The van der Waals surface area contributed by atoms with E-state index in [2.05, 4.69) is 5.32 Å². The maximum atomic E-state index is 13.1. The molecule has 10 heteroatoms. The van der Waals surface area contributed by atoms with Gasteiger partial charge in [0.2, 0.25) is 6.79 Å². The van der Waals surface area contributed by atoms with Crippen LogP contribution in [0, 0.1) is 5.82 Å². The third kappa shape index (κ3) is 4.28. The zero-order valence-corrected chi connectivity index (χ0v) is 17.7. The van der Waals surface area contributed by atoms with Crippen molar-refractivity contribution < 1.29 is 23.5 Å². The lowest BCUT2D eigenvalue weighted by molar-refractivity contribution is -0.122. The Morgan fingerprint density at radius 2 is 2.07 bits per heavy atom. The quantitative estimate of drug-likeness (QED) is 0.535. The number of halogens is 2. The molecule has 2 aliphatic heterocycles. The van der Waals surface area contributed by atoms with E-state index in [1.807, 2.05) is 6.07 Å². The first-order chi connectivity index (χ1) is 14.4. The summed E-state index contributed by atoms with van der Waals surface area (Å²) in [6.07, 6.45) is 1.73. The van der Waals surface area contributed by atoms with E-state index in [0.717, 1.165) is 17.7 Å². The Morgan fingerprint density at radius 1 is 1.27 bits per heavy atom. The molecule has 0 aromatic heterocycles. The summed E-state index contributed by atoms with van der Waals surface area (Å²) in [5.41, 5.74) is 0.949. The summed E-state index contributed by atoms with van der Waals surface area (Å²) in [4.78, 5) is 26.8. The molecule has 0 aliphatic carbocycles. The molecule has 1 saturated heterocycles. The van der Waals surface area contributed by atoms with Gasteiger partial charge in [-0.2, -0.15) is 0 Å². The Labute approximate surface area is 186 Å². The predicted molar refractivity (Wildman–Crippen MR) is 116 cm³/mol. The maximum absolute atomic E-state index is 13.1. The van der Waals surface area contributed by atoms with Crippen LogP contribution in [0.2, 0.25) is 5.02 Å². The summed E-state index contributed by atoms with van der Waals surface area (Å²) >= 11 is 12.4. The summed E-state index contributed by atoms with van der Waals surface area (Å²) in [5, 5.41) is 2.68. The van der Waals surface area contributed by atoms with Crippen LogP contribution in [-0.4, -0.2) is 40.9 Å². The third-order valence-corrected chi connectivity index (χ3v) is 6.06. The second-order valence-electron chi connectivity index (χ2n) is 6.33. The van der Waals surface area contributed by atoms with Crippen molar-refractivity contribution in [2.24, 2.45) is 0 Å². The van der Waals surface area contributed by atoms with Crippen LogP contribution in [0.1, 0.15) is 15.9 Å². The van der Waals surface area contributed by atoms with Gasteiger partial charge in [-0.3, -0.25) is 14.5 Å². The Bertz CT molecular complexity index is 1090. The average molecular weight is 465 g/mol. The fourth-order valence-electron chi connectivity index (χ4n) is 2.90. The van der Waals surface area contributed by atoms with E-state index in [0.29, 0.717) is 20.7 Å². The van der Waals surface area contributed by atoms with Crippen molar-refractivity contribution in [3.8, 4) is 11.5 Å². The summed E-state index contributed by atoms with van der Waals surface area (Å²) < 4.78 is 24.2. The van der Waals surface area contributed by atoms with Crippen LogP contribution in [0.15, 0.2) is 41.3 Å². The molecule has 2 aromatic rings. The average Bonchev–Trinajstić information content (AvgIpc) is 3.27. The van der Waals surface area contributed by atoms with Crippen LogP contribution in [0.3, 0.4) is 0 Å². The van der Waals surface area contributed by atoms with Gasteiger partial charge in [-0.25, -0.2) is 4.39 Å². The van der Waals surface area contributed by atoms with E-state index in [-0.39, 0.29) is 36.4 Å². The zero-order chi connectivity index (χ0) is 21.3. The fraction of sp³-hybridized carbons (Fsp3) is 0.150. The first-order valence-corrected chi connectivity index (χ1v) is 10.4. The van der Waals surface area contributed by atoms with Gasteiger partial charge in [0.15, 0.2) is 11.5 Å². The zero-order valence-electron chi connectivity index (χ0n) is 15.3. The van der Waals surface area contributed by atoms with Gasteiger partial charge in [0.1, 0.15) is 10.1 Å². The Balaban J connectivity index is 1.38. The molecular formula is C20H14ClFN2O4S2. The van der Waals surface area contributed by atoms with Crippen molar-refractivity contribution >= 4 is 57.8 Å². The number of nitrogens with one attached hydrogen (secondary N) is 1. The van der Waals surface area contributed by atoms with Crippen LogP contribution in [0.4, 0.5) is 4.39 Å². The van der Waals surface area contributed by atoms with Crippen LogP contribution in [0.25, 0.3) is 6.08 Å². The number of ether oxygens (including phenoxy) is 2. The van der Waals surface area contributed by atoms with E-state index >= 15 is 0 Å². The molecule has 0 atom stereocenters. The Morgan fingerprint density at radius 3 is 2.87 bits per heavy atom. The maximum Gasteiger partial charge on any atom is 0.266 e. The first kappa shape index (κ1) is 20.6. The number of hydrogen-bond donors (Lipinski definition) is 1. The van der Waals surface area contributed by atoms with Gasteiger partial charge in [0.05, 0.1) is 15.5 Å². The minimum absolute atomic E-state index is 0.0183. The number of hydrogen-bond acceptors (Lipinski definition) is 6. The summed E-state index contributed by atoms with van der Waals surface area (Å²) in [7, 11) is 0. The van der Waals surface area contributed by atoms with Gasteiger partial charge < -0.3 is 14.8 Å². The lowest BCUT2D eigenvalue weighted by Gasteiger charge is -2.15.